The predicted molar refractivity (Wildman–Crippen MR) is 124 cm³/mol. The number of likely N-dealkylation sites (tertiary alicyclic amines) is 1. The maximum atomic E-state index is 13.5. The van der Waals surface area contributed by atoms with Crippen LogP contribution < -0.4 is 0 Å². The third kappa shape index (κ3) is 4.54. The molecule has 2 saturated heterocycles. The summed E-state index contributed by atoms with van der Waals surface area (Å²) in [7, 11) is 0. The molecule has 7 heteroatoms. The molecule has 1 aromatic carbocycles. The van der Waals surface area contributed by atoms with Gasteiger partial charge in [-0.2, -0.15) is 0 Å². The van der Waals surface area contributed by atoms with Crippen molar-refractivity contribution >= 4 is 27.3 Å². The Labute approximate surface area is 187 Å². The predicted octanol–water partition coefficient (Wildman–Crippen LogP) is 4.08. The first kappa shape index (κ1) is 20.7. The molecule has 0 spiro atoms. The molecule has 0 bridgehead atoms. The number of H-pyrrole nitrogens is 1. The summed E-state index contributed by atoms with van der Waals surface area (Å²) in [6.45, 7) is 4.55. The smallest absolute Gasteiger partial charge is 0.264 e. The van der Waals surface area contributed by atoms with Crippen molar-refractivity contribution in [2.24, 2.45) is 0 Å². The number of fused-ring (bicyclic) bond motifs is 1. The lowest BCUT2D eigenvalue weighted by atomic mass is 9.97. The second-order valence-corrected chi connectivity index (χ2v) is 9.58. The van der Waals surface area contributed by atoms with E-state index in [-0.39, 0.29) is 5.91 Å². The summed E-state index contributed by atoms with van der Waals surface area (Å²) >= 11 is 1.66. The minimum Gasteiger partial charge on any atom is -0.378 e. The zero-order valence-corrected chi connectivity index (χ0v) is 18.7. The lowest BCUT2D eigenvalue weighted by Crippen LogP contribution is -2.41. The van der Waals surface area contributed by atoms with Gasteiger partial charge in [0.25, 0.3) is 5.91 Å². The number of nitrogens with zero attached hydrogens (tertiary/aromatic N) is 3. The highest BCUT2D eigenvalue weighted by molar-refractivity contribution is 7.21. The minimum absolute atomic E-state index is 0.172. The zero-order chi connectivity index (χ0) is 21.0. The maximum Gasteiger partial charge on any atom is 0.264 e. The SMILES string of the molecule is O=C(c1sc2ccccc2c1C[C@@H]1CCCCCN1Cc1ncc[nH]1)N1CCOCC1. The number of hydrogen-bond acceptors (Lipinski definition) is 5. The Morgan fingerprint density at radius 2 is 2.03 bits per heavy atom. The number of benzene rings is 1. The molecular formula is C24H30N4O2S. The summed E-state index contributed by atoms with van der Waals surface area (Å²) < 4.78 is 6.68. The summed E-state index contributed by atoms with van der Waals surface area (Å²) in [4.78, 5) is 26.7. The Bertz CT molecular complexity index is 1010. The monoisotopic (exact) mass is 438 g/mol. The number of carbonyl (C=O) groups excluding carboxylic acids is 1. The Kier molecular flexibility index (Phi) is 6.34. The van der Waals surface area contributed by atoms with E-state index in [0.717, 1.165) is 36.6 Å². The van der Waals surface area contributed by atoms with E-state index >= 15 is 0 Å². The number of ether oxygens (including phenoxy) is 1. The van der Waals surface area contributed by atoms with Crippen molar-refractivity contribution in [1.29, 1.82) is 0 Å². The highest BCUT2D eigenvalue weighted by Gasteiger charge is 2.29. The topological polar surface area (TPSA) is 61.5 Å². The number of rotatable bonds is 5. The summed E-state index contributed by atoms with van der Waals surface area (Å²) in [5.41, 5.74) is 1.23. The highest BCUT2D eigenvalue weighted by Crippen LogP contribution is 2.35. The molecule has 3 aromatic rings. The van der Waals surface area contributed by atoms with Gasteiger partial charge in [-0.1, -0.05) is 31.0 Å². The Morgan fingerprint density at radius 1 is 1.16 bits per heavy atom. The van der Waals surface area contributed by atoms with E-state index in [9.17, 15) is 4.79 Å². The van der Waals surface area contributed by atoms with E-state index in [1.54, 1.807) is 11.3 Å². The number of imidazole rings is 1. The van der Waals surface area contributed by atoms with Crippen molar-refractivity contribution in [2.45, 2.75) is 44.7 Å². The number of hydrogen-bond donors (Lipinski definition) is 1. The minimum atomic E-state index is 0.172. The van der Waals surface area contributed by atoms with Gasteiger partial charge in [-0.3, -0.25) is 9.69 Å². The molecule has 5 rings (SSSR count). The van der Waals surface area contributed by atoms with E-state index in [4.69, 9.17) is 4.74 Å². The van der Waals surface area contributed by atoms with E-state index in [1.807, 2.05) is 17.3 Å². The standard InChI is InChI=1S/C24H30N4O2S/c29-24(27-12-14-30-15-13-27)23-20(19-7-3-4-8-21(19)31-23)16-18-6-2-1-5-11-28(18)17-22-25-9-10-26-22/h3-4,7-10,18H,1-2,5-6,11-17H2,(H,25,26)/t18-/m0/s1. The van der Waals surface area contributed by atoms with Crippen molar-refractivity contribution < 1.29 is 9.53 Å². The molecule has 164 valence electrons. The first-order chi connectivity index (χ1) is 15.3. The molecule has 2 fully saturated rings. The van der Waals surface area contributed by atoms with Crippen LogP contribution in [-0.4, -0.2) is 64.6 Å². The largest absolute Gasteiger partial charge is 0.378 e. The first-order valence-electron chi connectivity index (χ1n) is 11.4. The van der Waals surface area contributed by atoms with Crippen LogP contribution in [0.2, 0.25) is 0 Å². The van der Waals surface area contributed by atoms with E-state index in [1.165, 1.54) is 34.9 Å². The average Bonchev–Trinajstić information content (AvgIpc) is 3.39. The molecule has 0 aliphatic carbocycles. The average molecular weight is 439 g/mol. The molecule has 1 atom stereocenters. The van der Waals surface area contributed by atoms with Gasteiger partial charge in [-0.25, -0.2) is 4.98 Å². The van der Waals surface area contributed by atoms with Crippen LogP contribution in [0.5, 0.6) is 0 Å². The van der Waals surface area contributed by atoms with Crippen molar-refractivity contribution in [3.05, 3.63) is 52.9 Å². The van der Waals surface area contributed by atoms with Gasteiger partial charge in [-0.05, 0) is 42.8 Å². The Balaban J connectivity index is 1.46. The van der Waals surface area contributed by atoms with Gasteiger partial charge < -0.3 is 14.6 Å². The maximum absolute atomic E-state index is 13.5. The Hall–Kier alpha value is -2.22. The summed E-state index contributed by atoms with van der Waals surface area (Å²) in [5, 5.41) is 1.24. The number of thiophene rings is 1. The molecule has 31 heavy (non-hydrogen) atoms. The molecule has 0 unspecified atom stereocenters. The summed E-state index contributed by atoms with van der Waals surface area (Å²) in [5.74, 6) is 1.19. The summed E-state index contributed by atoms with van der Waals surface area (Å²) in [6, 6.07) is 8.91. The number of carbonyl (C=O) groups is 1. The second-order valence-electron chi connectivity index (χ2n) is 8.52. The fourth-order valence-electron chi connectivity index (χ4n) is 4.87. The number of aromatic nitrogens is 2. The van der Waals surface area contributed by atoms with Crippen LogP contribution in [0.4, 0.5) is 0 Å². The van der Waals surface area contributed by atoms with Crippen LogP contribution in [0.1, 0.15) is 46.7 Å². The number of amides is 1. The molecule has 4 heterocycles. The molecule has 2 aliphatic heterocycles. The van der Waals surface area contributed by atoms with Gasteiger partial charge in [0, 0.05) is 36.2 Å². The summed E-state index contributed by atoms with van der Waals surface area (Å²) in [6.07, 6.45) is 9.54. The lowest BCUT2D eigenvalue weighted by molar-refractivity contribution is 0.0305. The van der Waals surface area contributed by atoms with Crippen LogP contribution in [0.3, 0.4) is 0 Å². The molecule has 2 aromatic heterocycles. The van der Waals surface area contributed by atoms with E-state index in [0.29, 0.717) is 32.3 Å². The third-order valence-electron chi connectivity index (χ3n) is 6.54. The normalized spacial score (nSPS) is 20.8. The van der Waals surface area contributed by atoms with Crippen molar-refractivity contribution in [3.8, 4) is 0 Å². The van der Waals surface area contributed by atoms with Crippen LogP contribution in [0.15, 0.2) is 36.7 Å². The van der Waals surface area contributed by atoms with Crippen LogP contribution in [0, 0.1) is 0 Å². The lowest BCUT2D eigenvalue weighted by Gasteiger charge is -2.30. The fraction of sp³-hybridized carbons (Fsp3) is 0.500. The number of aromatic amines is 1. The van der Waals surface area contributed by atoms with Crippen molar-refractivity contribution in [1.82, 2.24) is 19.8 Å². The second kappa shape index (κ2) is 9.51. The van der Waals surface area contributed by atoms with Gasteiger partial charge in [0.1, 0.15) is 5.82 Å². The quantitative estimate of drug-likeness (QED) is 0.652. The molecular weight excluding hydrogens is 408 g/mol. The number of morpholine rings is 1. The van der Waals surface area contributed by atoms with E-state index in [2.05, 4.69) is 39.1 Å². The van der Waals surface area contributed by atoms with Gasteiger partial charge in [0.2, 0.25) is 0 Å². The van der Waals surface area contributed by atoms with Gasteiger partial charge in [0.15, 0.2) is 0 Å². The highest BCUT2D eigenvalue weighted by atomic mass is 32.1. The molecule has 6 nitrogen and oxygen atoms in total. The van der Waals surface area contributed by atoms with E-state index < -0.39 is 0 Å². The molecule has 2 aliphatic rings. The van der Waals surface area contributed by atoms with Gasteiger partial charge in [-0.15, -0.1) is 11.3 Å². The molecule has 0 saturated carbocycles. The Morgan fingerprint density at radius 3 is 2.87 bits per heavy atom. The first-order valence-corrected chi connectivity index (χ1v) is 12.2. The van der Waals surface area contributed by atoms with Gasteiger partial charge >= 0.3 is 0 Å². The number of nitrogens with one attached hydrogen (secondary N) is 1. The fourth-order valence-corrected chi connectivity index (χ4v) is 6.07. The van der Waals surface area contributed by atoms with Crippen LogP contribution in [-0.2, 0) is 17.7 Å². The zero-order valence-electron chi connectivity index (χ0n) is 17.9. The van der Waals surface area contributed by atoms with Crippen molar-refractivity contribution in [2.75, 3.05) is 32.8 Å². The molecule has 1 N–H and O–H groups in total. The van der Waals surface area contributed by atoms with Crippen LogP contribution >= 0.6 is 11.3 Å². The molecule has 0 radical (unpaired) electrons. The van der Waals surface area contributed by atoms with Crippen LogP contribution in [0.25, 0.3) is 10.1 Å². The molecule has 1 amide bonds. The third-order valence-corrected chi connectivity index (χ3v) is 7.74. The van der Waals surface area contributed by atoms with Crippen molar-refractivity contribution in [3.63, 3.8) is 0 Å². The van der Waals surface area contributed by atoms with Gasteiger partial charge in [0.05, 0.1) is 24.6 Å².